The molecule has 0 saturated carbocycles. The number of rotatable bonds is 0. The van der Waals surface area contributed by atoms with Gasteiger partial charge in [0.2, 0.25) is 0 Å². The van der Waals surface area contributed by atoms with Crippen molar-refractivity contribution in [2.75, 3.05) is 0 Å². The summed E-state index contributed by atoms with van der Waals surface area (Å²) in [6.07, 6.45) is -4.72. The zero-order chi connectivity index (χ0) is 10.3. The minimum atomic E-state index is -4.72. The van der Waals surface area contributed by atoms with Gasteiger partial charge in [-0.2, -0.15) is 0 Å². The van der Waals surface area contributed by atoms with Crippen molar-refractivity contribution < 1.29 is 17.6 Å². The smallest absolute Gasteiger partial charge is 0.204 e. The highest BCUT2D eigenvalue weighted by Gasteiger charge is 2.34. The van der Waals surface area contributed by atoms with Crippen LogP contribution < -0.4 is 0 Å². The van der Waals surface area contributed by atoms with Crippen molar-refractivity contribution in [2.24, 2.45) is 0 Å². The van der Waals surface area contributed by atoms with Crippen LogP contribution in [0.4, 0.5) is 17.6 Å². The molecular formula is C7H3F4N3. The molecule has 0 radical (unpaired) electrons. The van der Waals surface area contributed by atoms with E-state index in [9.17, 15) is 17.6 Å². The summed E-state index contributed by atoms with van der Waals surface area (Å²) >= 11 is 0. The standard InChI is InChI=1S/C7H3F4N3/c8-4-2-1-3-5-6(4)13-14(12-5)7(9,10)11/h1-3H. The molecule has 0 spiro atoms. The van der Waals surface area contributed by atoms with Crippen LogP contribution >= 0.6 is 0 Å². The van der Waals surface area contributed by atoms with Crippen LogP contribution in [-0.2, 0) is 6.30 Å². The van der Waals surface area contributed by atoms with Gasteiger partial charge in [-0.1, -0.05) is 10.9 Å². The third-order valence-corrected chi connectivity index (χ3v) is 1.59. The summed E-state index contributed by atoms with van der Waals surface area (Å²) in [5.41, 5.74) is -0.507. The zero-order valence-corrected chi connectivity index (χ0v) is 6.59. The predicted octanol–water partition coefficient (Wildman–Crippen LogP) is 2.05. The highest BCUT2D eigenvalue weighted by Crippen LogP contribution is 2.22. The van der Waals surface area contributed by atoms with E-state index in [1.807, 2.05) is 0 Å². The molecule has 0 N–H and O–H groups in total. The molecule has 1 heterocycles. The zero-order valence-electron chi connectivity index (χ0n) is 6.59. The van der Waals surface area contributed by atoms with E-state index >= 15 is 0 Å². The van der Waals surface area contributed by atoms with Crippen LogP contribution in [0.3, 0.4) is 0 Å². The van der Waals surface area contributed by atoms with Crippen LogP contribution in [-0.4, -0.2) is 15.0 Å². The molecule has 0 saturated heterocycles. The van der Waals surface area contributed by atoms with Crippen molar-refractivity contribution in [1.82, 2.24) is 15.0 Å². The lowest BCUT2D eigenvalue weighted by molar-refractivity contribution is -0.220. The summed E-state index contributed by atoms with van der Waals surface area (Å²) in [6.45, 7) is 0. The van der Waals surface area contributed by atoms with E-state index in [-0.39, 0.29) is 11.0 Å². The highest BCUT2D eigenvalue weighted by molar-refractivity contribution is 5.73. The van der Waals surface area contributed by atoms with Gasteiger partial charge >= 0.3 is 6.30 Å². The van der Waals surface area contributed by atoms with E-state index in [0.29, 0.717) is 0 Å². The summed E-state index contributed by atoms with van der Waals surface area (Å²) < 4.78 is 49.1. The number of fused-ring (bicyclic) bond motifs is 1. The van der Waals surface area contributed by atoms with E-state index in [2.05, 4.69) is 10.2 Å². The fourth-order valence-electron chi connectivity index (χ4n) is 1.02. The fraction of sp³-hybridized carbons (Fsp3) is 0.143. The molecule has 0 aliphatic heterocycles. The van der Waals surface area contributed by atoms with E-state index in [4.69, 9.17) is 0 Å². The SMILES string of the molecule is Fc1cccc2nn(C(F)(F)F)nc12. The topological polar surface area (TPSA) is 30.7 Å². The minimum Gasteiger partial charge on any atom is -0.204 e. The fourth-order valence-corrected chi connectivity index (χ4v) is 1.02. The van der Waals surface area contributed by atoms with Gasteiger partial charge in [-0.15, -0.1) is 23.4 Å². The maximum Gasteiger partial charge on any atom is 0.521 e. The Labute approximate surface area is 74.9 Å². The van der Waals surface area contributed by atoms with E-state index in [1.165, 1.54) is 12.1 Å². The highest BCUT2D eigenvalue weighted by atomic mass is 19.4. The lowest BCUT2D eigenvalue weighted by atomic mass is 10.3. The average molecular weight is 205 g/mol. The molecular weight excluding hydrogens is 202 g/mol. The Morgan fingerprint density at radius 2 is 1.86 bits per heavy atom. The van der Waals surface area contributed by atoms with Crippen molar-refractivity contribution in [1.29, 1.82) is 0 Å². The first-order chi connectivity index (χ1) is 6.48. The van der Waals surface area contributed by atoms with Gasteiger partial charge in [-0.3, -0.25) is 0 Å². The molecule has 14 heavy (non-hydrogen) atoms. The first-order valence-corrected chi connectivity index (χ1v) is 3.57. The van der Waals surface area contributed by atoms with Crippen LogP contribution in [0.5, 0.6) is 0 Å². The average Bonchev–Trinajstić information content (AvgIpc) is 2.48. The summed E-state index contributed by atoms with van der Waals surface area (Å²) in [4.78, 5) is -0.458. The summed E-state index contributed by atoms with van der Waals surface area (Å²) in [6, 6.07) is 3.55. The third-order valence-electron chi connectivity index (χ3n) is 1.59. The first-order valence-electron chi connectivity index (χ1n) is 3.57. The molecule has 0 amide bonds. The summed E-state index contributed by atoms with van der Waals surface area (Å²) in [5.74, 6) is -0.821. The molecule has 1 aromatic carbocycles. The van der Waals surface area contributed by atoms with Crippen LogP contribution in [0.25, 0.3) is 11.0 Å². The number of alkyl halides is 3. The van der Waals surface area contributed by atoms with Gasteiger partial charge in [0.15, 0.2) is 5.82 Å². The van der Waals surface area contributed by atoms with Crippen LogP contribution in [0.2, 0.25) is 0 Å². The van der Waals surface area contributed by atoms with Crippen molar-refractivity contribution in [3.05, 3.63) is 24.0 Å². The van der Waals surface area contributed by atoms with Gasteiger partial charge in [0.25, 0.3) is 0 Å². The van der Waals surface area contributed by atoms with Crippen LogP contribution in [0.1, 0.15) is 0 Å². The van der Waals surface area contributed by atoms with Crippen molar-refractivity contribution in [3.8, 4) is 0 Å². The summed E-state index contributed by atoms with van der Waals surface area (Å²) in [5, 5.41) is 6.07. The Hall–Kier alpha value is -1.66. The Morgan fingerprint density at radius 1 is 1.14 bits per heavy atom. The monoisotopic (exact) mass is 205 g/mol. The quantitative estimate of drug-likeness (QED) is 0.616. The molecule has 0 fully saturated rings. The molecule has 2 aromatic rings. The van der Waals surface area contributed by atoms with Crippen LogP contribution in [0.15, 0.2) is 18.2 Å². The molecule has 2 rings (SSSR count). The lowest BCUT2D eigenvalue weighted by Crippen LogP contribution is -2.19. The molecule has 0 aliphatic rings. The van der Waals surface area contributed by atoms with Gasteiger partial charge in [-0.05, 0) is 12.1 Å². The number of nitrogens with zero attached hydrogens (tertiary/aromatic N) is 3. The lowest BCUT2D eigenvalue weighted by Gasteiger charge is -2.01. The summed E-state index contributed by atoms with van der Waals surface area (Å²) in [7, 11) is 0. The van der Waals surface area contributed by atoms with Gasteiger partial charge < -0.3 is 0 Å². The molecule has 0 aliphatic carbocycles. The maximum atomic E-state index is 12.9. The third kappa shape index (κ3) is 1.30. The van der Waals surface area contributed by atoms with Gasteiger partial charge in [0.1, 0.15) is 11.0 Å². The Bertz CT molecular complexity index is 473. The normalized spacial score (nSPS) is 12.3. The molecule has 74 valence electrons. The van der Waals surface area contributed by atoms with E-state index in [0.717, 1.165) is 6.07 Å². The van der Waals surface area contributed by atoms with Gasteiger partial charge in [0.05, 0.1) is 0 Å². The maximum absolute atomic E-state index is 12.9. The second-order valence-electron chi connectivity index (χ2n) is 2.56. The Kier molecular flexibility index (Phi) is 1.70. The van der Waals surface area contributed by atoms with Gasteiger partial charge in [0, 0.05) is 0 Å². The second kappa shape index (κ2) is 2.66. The second-order valence-corrected chi connectivity index (χ2v) is 2.56. The Morgan fingerprint density at radius 3 is 2.43 bits per heavy atom. The number of benzene rings is 1. The van der Waals surface area contributed by atoms with Crippen molar-refractivity contribution in [3.63, 3.8) is 0 Å². The molecule has 7 heteroatoms. The number of hydrogen-bond donors (Lipinski definition) is 0. The first kappa shape index (κ1) is 8.92. The predicted molar refractivity (Wildman–Crippen MR) is 38.8 cm³/mol. The van der Waals surface area contributed by atoms with Crippen LogP contribution in [0, 0.1) is 5.82 Å². The number of aromatic nitrogens is 3. The van der Waals surface area contributed by atoms with Crippen molar-refractivity contribution >= 4 is 11.0 Å². The van der Waals surface area contributed by atoms with E-state index < -0.39 is 16.9 Å². The van der Waals surface area contributed by atoms with Gasteiger partial charge in [-0.25, -0.2) is 4.39 Å². The van der Waals surface area contributed by atoms with E-state index in [1.54, 1.807) is 0 Å². The van der Waals surface area contributed by atoms with Crippen molar-refractivity contribution in [2.45, 2.75) is 6.30 Å². The molecule has 0 bridgehead atoms. The number of hydrogen-bond acceptors (Lipinski definition) is 2. The number of halogens is 4. The molecule has 1 aromatic heterocycles. The molecule has 3 nitrogen and oxygen atoms in total. The Balaban J connectivity index is 2.69. The largest absolute Gasteiger partial charge is 0.521 e. The molecule has 0 unspecified atom stereocenters. The minimum absolute atomic E-state index is 0.123. The molecule has 0 atom stereocenters.